The van der Waals surface area contributed by atoms with Crippen molar-refractivity contribution in [1.29, 1.82) is 0 Å². The molecule has 0 aliphatic heterocycles. The zero-order valence-corrected chi connectivity index (χ0v) is 8.80. The minimum atomic E-state index is -6.03. The van der Waals surface area contributed by atoms with Gasteiger partial charge in [0.1, 0.15) is 0 Å². The predicted molar refractivity (Wildman–Crippen MR) is 38.4 cm³/mol. The lowest BCUT2D eigenvalue weighted by Gasteiger charge is -2.22. The molecule has 6 nitrogen and oxygen atoms in total. The van der Waals surface area contributed by atoms with E-state index < -0.39 is 28.0 Å². The second kappa shape index (κ2) is 4.48. The first kappa shape index (κ1) is 15.0. The fraction of sp³-hybridized carbons (Fsp3) is 1.00. The molecule has 12 heteroatoms. The van der Waals surface area contributed by atoms with Crippen LogP contribution in [0.1, 0.15) is 6.92 Å². The fourth-order valence-corrected chi connectivity index (χ4v) is 1.44. The third-order valence-electron chi connectivity index (χ3n) is 0.996. The van der Waals surface area contributed by atoms with E-state index in [0.717, 1.165) is 0 Å². The number of hydrogen-bond acceptors (Lipinski definition) is 4. The van der Waals surface area contributed by atoms with Gasteiger partial charge in [-0.15, -0.1) is 8.39 Å². The first-order valence-electron chi connectivity index (χ1n) is 3.15. The average molecular weight is 276 g/mol. The Labute approximate surface area is 81.1 Å². The summed E-state index contributed by atoms with van der Waals surface area (Å²) in [6, 6.07) is 0. The van der Waals surface area contributed by atoms with Crippen LogP contribution < -0.4 is 0 Å². The topological polar surface area (TPSA) is 93.1 Å². The van der Waals surface area contributed by atoms with Gasteiger partial charge in [-0.3, -0.25) is 14.3 Å². The third-order valence-corrected chi connectivity index (χ3v) is 2.04. The summed E-state index contributed by atoms with van der Waals surface area (Å²) in [5.41, 5.74) is 0. The summed E-state index contributed by atoms with van der Waals surface area (Å²) in [6.07, 6.45) is -7.46. The van der Waals surface area contributed by atoms with Gasteiger partial charge in [-0.25, -0.2) is 13.7 Å². The highest BCUT2D eigenvalue weighted by molar-refractivity contribution is 7.47. The van der Waals surface area contributed by atoms with Crippen LogP contribution in [0, 0.1) is 0 Å². The van der Waals surface area contributed by atoms with Gasteiger partial charge in [-0.1, -0.05) is 0 Å². The Bertz CT molecular complexity index is 307. The normalized spacial score (nSPS) is 22.9. The summed E-state index contributed by atoms with van der Waals surface area (Å²) in [5.74, 6) is 0. The molecule has 15 heavy (non-hydrogen) atoms. The maximum atomic E-state index is 12.5. The Morgan fingerprint density at radius 1 is 1.20 bits per heavy atom. The molecular formula is C3H6F4O6P2. The van der Waals surface area contributed by atoms with Crippen molar-refractivity contribution < 1.29 is 45.1 Å². The molecule has 0 heterocycles. The van der Waals surface area contributed by atoms with Crippen LogP contribution in [0.4, 0.5) is 17.2 Å². The molecule has 0 rings (SSSR count). The zero-order chi connectivity index (χ0) is 12.5. The molecule has 3 unspecified atom stereocenters. The number of halogens is 4. The van der Waals surface area contributed by atoms with Crippen LogP contribution in [0.3, 0.4) is 0 Å². The maximum Gasteiger partial charge on any atom is 0.515 e. The molecule has 0 aromatic rings. The third kappa shape index (κ3) is 6.99. The van der Waals surface area contributed by atoms with Crippen molar-refractivity contribution in [2.45, 2.75) is 19.1 Å². The molecule has 0 bridgehead atoms. The highest BCUT2D eigenvalue weighted by Gasteiger charge is 2.48. The van der Waals surface area contributed by atoms with Gasteiger partial charge in [0.2, 0.25) is 0 Å². The summed E-state index contributed by atoms with van der Waals surface area (Å²) in [4.78, 5) is 15.7. The molecule has 0 saturated carbocycles. The maximum absolute atomic E-state index is 12.5. The summed E-state index contributed by atoms with van der Waals surface area (Å²) in [5, 5.41) is 0. The van der Waals surface area contributed by atoms with Gasteiger partial charge in [-0.2, -0.15) is 8.78 Å². The van der Waals surface area contributed by atoms with E-state index in [9.17, 15) is 26.3 Å². The molecule has 0 radical (unpaired) electrons. The van der Waals surface area contributed by atoms with Crippen LogP contribution in [0.2, 0.25) is 0 Å². The molecule has 0 saturated heterocycles. The number of rotatable bonds is 5. The largest absolute Gasteiger partial charge is 0.515 e. The van der Waals surface area contributed by atoms with Crippen LogP contribution in [-0.2, 0) is 18.2 Å². The van der Waals surface area contributed by atoms with Crippen molar-refractivity contribution >= 4 is 15.8 Å². The molecule has 92 valence electrons. The second-order valence-corrected chi connectivity index (χ2v) is 4.50. The summed E-state index contributed by atoms with van der Waals surface area (Å²) in [6.45, 7) is 0.345. The molecule has 0 aromatic heterocycles. The number of alkyl halides is 2. The molecule has 0 amide bonds. The molecule has 0 aromatic carbocycles. The van der Waals surface area contributed by atoms with Crippen molar-refractivity contribution in [3.05, 3.63) is 0 Å². The van der Waals surface area contributed by atoms with Crippen LogP contribution in [0.5, 0.6) is 0 Å². The van der Waals surface area contributed by atoms with Crippen molar-refractivity contribution in [2.75, 3.05) is 0 Å². The number of hydrogen-bond donors (Lipinski definition) is 2. The van der Waals surface area contributed by atoms with Gasteiger partial charge >= 0.3 is 21.9 Å². The van der Waals surface area contributed by atoms with Gasteiger partial charge in [0.25, 0.3) is 0 Å². The Kier molecular flexibility index (Phi) is 4.49. The van der Waals surface area contributed by atoms with E-state index in [1.165, 1.54) is 0 Å². The summed E-state index contributed by atoms with van der Waals surface area (Å²) < 4.78 is 74.4. The lowest BCUT2D eigenvalue weighted by molar-refractivity contribution is -0.235. The lowest BCUT2D eigenvalue weighted by Crippen LogP contribution is -2.34. The van der Waals surface area contributed by atoms with E-state index in [4.69, 9.17) is 9.79 Å². The van der Waals surface area contributed by atoms with Crippen molar-refractivity contribution in [2.24, 2.45) is 0 Å². The zero-order valence-electron chi connectivity index (χ0n) is 7.01. The SMILES string of the molecule is CC(OP(=O)(O)F)C(F)(F)OP(=O)(O)F. The van der Waals surface area contributed by atoms with Crippen molar-refractivity contribution in [3.8, 4) is 0 Å². The minimum Gasteiger partial charge on any atom is -0.299 e. The van der Waals surface area contributed by atoms with Gasteiger partial charge in [-0.05, 0) is 6.92 Å². The Balaban J connectivity index is 4.60. The fourth-order valence-electron chi connectivity index (χ4n) is 0.481. The second-order valence-electron chi connectivity index (χ2n) is 2.30. The lowest BCUT2D eigenvalue weighted by atomic mass is 10.4. The molecular weight excluding hydrogens is 270 g/mol. The van der Waals surface area contributed by atoms with E-state index in [-0.39, 0.29) is 0 Å². The van der Waals surface area contributed by atoms with Gasteiger partial charge in [0, 0.05) is 0 Å². The van der Waals surface area contributed by atoms with E-state index in [1.807, 2.05) is 0 Å². The van der Waals surface area contributed by atoms with E-state index in [0.29, 0.717) is 6.92 Å². The average Bonchev–Trinajstić information content (AvgIpc) is 1.75. The van der Waals surface area contributed by atoms with Crippen molar-refractivity contribution in [3.63, 3.8) is 0 Å². The Morgan fingerprint density at radius 3 is 1.87 bits per heavy atom. The predicted octanol–water partition coefficient (Wildman–Crippen LogP) is 2.14. The minimum absolute atomic E-state index is 0.345. The van der Waals surface area contributed by atoms with Crippen LogP contribution in [-0.4, -0.2) is 22.0 Å². The monoisotopic (exact) mass is 276 g/mol. The van der Waals surface area contributed by atoms with Crippen LogP contribution in [0.25, 0.3) is 0 Å². The van der Waals surface area contributed by atoms with E-state index >= 15 is 0 Å². The highest BCUT2D eigenvalue weighted by Crippen LogP contribution is 2.53. The molecule has 0 aliphatic rings. The summed E-state index contributed by atoms with van der Waals surface area (Å²) >= 11 is 0. The quantitative estimate of drug-likeness (QED) is 0.590. The Morgan fingerprint density at radius 2 is 1.60 bits per heavy atom. The van der Waals surface area contributed by atoms with E-state index in [2.05, 4.69) is 9.05 Å². The van der Waals surface area contributed by atoms with Crippen LogP contribution in [0.15, 0.2) is 0 Å². The first-order valence-corrected chi connectivity index (χ1v) is 6.09. The van der Waals surface area contributed by atoms with Gasteiger partial charge in [0.15, 0.2) is 6.10 Å². The smallest absolute Gasteiger partial charge is 0.299 e. The molecule has 0 fully saturated rings. The van der Waals surface area contributed by atoms with Gasteiger partial charge < -0.3 is 0 Å². The first-order chi connectivity index (χ1) is 6.33. The highest BCUT2D eigenvalue weighted by atomic mass is 31.2. The molecule has 3 atom stereocenters. The summed E-state index contributed by atoms with van der Waals surface area (Å²) in [7, 11) is -11.8. The van der Waals surface area contributed by atoms with Crippen LogP contribution >= 0.6 is 15.8 Å². The molecule has 0 aliphatic carbocycles. The Hall–Kier alpha value is 0.0200. The molecule has 2 N–H and O–H groups in total. The molecule has 0 spiro atoms. The van der Waals surface area contributed by atoms with Crippen molar-refractivity contribution in [1.82, 2.24) is 0 Å². The van der Waals surface area contributed by atoms with Gasteiger partial charge in [0.05, 0.1) is 0 Å². The standard InChI is InChI=1S/C3H6F4O6P2/c1-2(12-14(6,8)9)3(4,5)13-15(7,10)11/h2H,1H3,(H,8,9)(H,10,11). The van der Waals surface area contributed by atoms with E-state index in [1.54, 1.807) is 0 Å².